The molecule has 3 rings (SSSR count). The predicted molar refractivity (Wildman–Crippen MR) is 99.3 cm³/mol. The minimum Gasteiger partial charge on any atom is -0.493 e. The lowest BCUT2D eigenvalue weighted by Crippen LogP contribution is -2.14. The Hall–Kier alpha value is -2.51. The average Bonchev–Trinajstić information content (AvgIpc) is 3.04. The number of H-pyrrole nitrogens is 1. The molecule has 0 radical (unpaired) electrons. The number of aromatic amines is 1. The van der Waals surface area contributed by atoms with Crippen LogP contribution in [0, 0.1) is 4.77 Å². The number of nitrogens with one attached hydrogen (secondary N) is 2. The standard InChI is InChI=1S/C17H17ClN4O2S/c1-23-15-4-2-3-13(9-20-22-11-19-21-17(22)25)16(15)24-10-12-5-7-14(18)8-6-12/h2-8,11,20H,9-10H2,1H3,(H,21,25). The van der Waals surface area contributed by atoms with Crippen LogP contribution in [0.1, 0.15) is 11.1 Å². The SMILES string of the molecule is COc1cccc(CNn2cn[nH]c2=S)c1OCc1ccc(Cl)cc1. The first-order valence-corrected chi connectivity index (χ1v) is 8.35. The maximum absolute atomic E-state index is 6.02. The molecule has 0 unspecified atom stereocenters. The molecule has 25 heavy (non-hydrogen) atoms. The minimum absolute atomic E-state index is 0.412. The van der Waals surface area contributed by atoms with Gasteiger partial charge in [0.15, 0.2) is 11.5 Å². The number of benzene rings is 2. The summed E-state index contributed by atoms with van der Waals surface area (Å²) in [5.74, 6) is 1.35. The van der Waals surface area contributed by atoms with E-state index in [2.05, 4.69) is 15.6 Å². The number of hydrogen-bond donors (Lipinski definition) is 2. The quantitative estimate of drug-likeness (QED) is 0.612. The summed E-state index contributed by atoms with van der Waals surface area (Å²) < 4.78 is 13.6. The van der Waals surface area contributed by atoms with Gasteiger partial charge in [0, 0.05) is 10.6 Å². The molecule has 6 nitrogen and oxygen atoms in total. The minimum atomic E-state index is 0.412. The zero-order chi connectivity index (χ0) is 17.6. The molecule has 1 aromatic heterocycles. The van der Waals surface area contributed by atoms with Gasteiger partial charge in [0.1, 0.15) is 12.9 Å². The third-order valence-electron chi connectivity index (χ3n) is 3.57. The number of ether oxygens (including phenoxy) is 2. The second-order valence-electron chi connectivity index (χ2n) is 5.23. The smallest absolute Gasteiger partial charge is 0.214 e. The first kappa shape index (κ1) is 17.3. The highest BCUT2D eigenvalue weighted by Gasteiger charge is 2.11. The molecule has 0 aliphatic rings. The van der Waals surface area contributed by atoms with Crippen molar-refractivity contribution in [2.45, 2.75) is 13.2 Å². The highest BCUT2D eigenvalue weighted by atomic mass is 35.5. The molecule has 0 aliphatic carbocycles. The Balaban J connectivity index is 1.77. The van der Waals surface area contributed by atoms with Crippen LogP contribution in [0.4, 0.5) is 0 Å². The van der Waals surface area contributed by atoms with E-state index >= 15 is 0 Å². The molecule has 0 bridgehead atoms. The number of rotatable bonds is 7. The van der Waals surface area contributed by atoms with Gasteiger partial charge in [-0.05, 0) is 36.0 Å². The summed E-state index contributed by atoms with van der Waals surface area (Å²) in [6, 6.07) is 13.3. The van der Waals surface area contributed by atoms with E-state index in [1.807, 2.05) is 42.5 Å². The molecule has 0 saturated carbocycles. The molecule has 8 heteroatoms. The van der Waals surface area contributed by atoms with Crippen LogP contribution >= 0.6 is 23.8 Å². The first-order valence-electron chi connectivity index (χ1n) is 7.56. The Morgan fingerprint density at radius 1 is 1.24 bits per heavy atom. The Kier molecular flexibility index (Phi) is 5.57. The molecule has 0 amide bonds. The summed E-state index contributed by atoms with van der Waals surface area (Å²) in [5, 5.41) is 7.27. The van der Waals surface area contributed by atoms with Gasteiger partial charge in [-0.25, -0.2) is 4.68 Å². The van der Waals surface area contributed by atoms with Crippen molar-refractivity contribution in [2.24, 2.45) is 0 Å². The monoisotopic (exact) mass is 376 g/mol. The van der Waals surface area contributed by atoms with E-state index in [4.69, 9.17) is 33.3 Å². The highest BCUT2D eigenvalue weighted by Crippen LogP contribution is 2.32. The number of nitrogens with zero attached hydrogens (tertiary/aromatic N) is 2. The van der Waals surface area contributed by atoms with Gasteiger partial charge in [-0.1, -0.05) is 35.9 Å². The molecule has 130 valence electrons. The maximum atomic E-state index is 6.02. The molecule has 2 N–H and O–H groups in total. The first-order chi connectivity index (χ1) is 12.2. The maximum Gasteiger partial charge on any atom is 0.214 e. The molecule has 2 aromatic carbocycles. The fourth-order valence-electron chi connectivity index (χ4n) is 2.29. The highest BCUT2D eigenvalue weighted by molar-refractivity contribution is 7.71. The lowest BCUT2D eigenvalue weighted by Gasteiger charge is -2.16. The van der Waals surface area contributed by atoms with E-state index in [0.29, 0.717) is 34.4 Å². The summed E-state index contributed by atoms with van der Waals surface area (Å²) in [6.07, 6.45) is 1.58. The number of halogens is 1. The summed E-state index contributed by atoms with van der Waals surface area (Å²) in [4.78, 5) is 0. The number of aromatic nitrogens is 3. The van der Waals surface area contributed by atoms with Crippen LogP contribution in [-0.2, 0) is 13.2 Å². The van der Waals surface area contributed by atoms with E-state index in [9.17, 15) is 0 Å². The number of methoxy groups -OCH3 is 1. The lowest BCUT2D eigenvalue weighted by atomic mass is 10.2. The lowest BCUT2D eigenvalue weighted by molar-refractivity contribution is 0.281. The van der Waals surface area contributed by atoms with Crippen LogP contribution < -0.4 is 14.9 Å². The second kappa shape index (κ2) is 8.04. The van der Waals surface area contributed by atoms with Crippen LogP contribution in [0.25, 0.3) is 0 Å². The van der Waals surface area contributed by atoms with Crippen LogP contribution in [0.2, 0.25) is 5.02 Å². The second-order valence-corrected chi connectivity index (χ2v) is 6.05. The topological polar surface area (TPSA) is 64.1 Å². The fraction of sp³-hybridized carbons (Fsp3) is 0.176. The van der Waals surface area contributed by atoms with Crippen molar-refractivity contribution in [3.63, 3.8) is 0 Å². The van der Waals surface area contributed by atoms with Gasteiger partial charge in [-0.3, -0.25) is 5.10 Å². The van der Waals surface area contributed by atoms with E-state index in [1.165, 1.54) is 0 Å². The summed E-state index contributed by atoms with van der Waals surface area (Å²) in [6.45, 7) is 0.913. The van der Waals surface area contributed by atoms with Crippen molar-refractivity contribution in [2.75, 3.05) is 12.5 Å². The van der Waals surface area contributed by atoms with Crippen molar-refractivity contribution in [1.29, 1.82) is 0 Å². The molecule has 0 atom stereocenters. The number of para-hydroxylation sites is 1. The Morgan fingerprint density at radius 3 is 2.72 bits per heavy atom. The average molecular weight is 377 g/mol. The van der Waals surface area contributed by atoms with E-state index in [-0.39, 0.29) is 0 Å². The van der Waals surface area contributed by atoms with Crippen molar-refractivity contribution >= 4 is 23.8 Å². The van der Waals surface area contributed by atoms with E-state index in [1.54, 1.807) is 18.1 Å². The van der Waals surface area contributed by atoms with Crippen molar-refractivity contribution in [3.05, 3.63) is 69.7 Å². The van der Waals surface area contributed by atoms with Crippen molar-refractivity contribution in [1.82, 2.24) is 14.9 Å². The van der Waals surface area contributed by atoms with Gasteiger partial charge < -0.3 is 14.9 Å². The molecule has 3 aromatic rings. The van der Waals surface area contributed by atoms with Gasteiger partial charge in [0.2, 0.25) is 4.77 Å². The Labute approximate surface area is 155 Å². The van der Waals surface area contributed by atoms with Crippen LogP contribution in [0.5, 0.6) is 11.5 Å². The third kappa shape index (κ3) is 4.32. The largest absolute Gasteiger partial charge is 0.493 e. The van der Waals surface area contributed by atoms with Gasteiger partial charge in [0.25, 0.3) is 0 Å². The Bertz CT molecular complexity index is 892. The van der Waals surface area contributed by atoms with Crippen LogP contribution in [0.3, 0.4) is 0 Å². The molecule has 0 spiro atoms. The van der Waals surface area contributed by atoms with Gasteiger partial charge >= 0.3 is 0 Å². The zero-order valence-electron chi connectivity index (χ0n) is 13.5. The molecule has 1 heterocycles. The van der Waals surface area contributed by atoms with E-state index in [0.717, 1.165) is 11.1 Å². The third-order valence-corrected chi connectivity index (χ3v) is 4.11. The summed E-state index contributed by atoms with van der Waals surface area (Å²) in [7, 11) is 1.62. The fourth-order valence-corrected chi connectivity index (χ4v) is 2.58. The molecule has 0 saturated heterocycles. The zero-order valence-corrected chi connectivity index (χ0v) is 15.1. The normalized spacial score (nSPS) is 10.5. The summed E-state index contributed by atoms with van der Waals surface area (Å²) >= 11 is 11.0. The summed E-state index contributed by atoms with van der Waals surface area (Å²) in [5.41, 5.74) is 5.13. The van der Waals surface area contributed by atoms with Gasteiger partial charge in [-0.15, -0.1) is 0 Å². The van der Waals surface area contributed by atoms with Gasteiger partial charge in [0.05, 0.1) is 13.7 Å². The van der Waals surface area contributed by atoms with Crippen LogP contribution in [0.15, 0.2) is 48.8 Å². The van der Waals surface area contributed by atoms with Crippen molar-refractivity contribution < 1.29 is 9.47 Å². The molecular formula is C17H17ClN4O2S. The molecular weight excluding hydrogens is 360 g/mol. The Morgan fingerprint density at radius 2 is 2.04 bits per heavy atom. The van der Waals surface area contributed by atoms with Crippen molar-refractivity contribution in [3.8, 4) is 11.5 Å². The number of hydrogen-bond acceptors (Lipinski definition) is 5. The molecule has 0 aliphatic heterocycles. The molecule has 0 fully saturated rings. The predicted octanol–water partition coefficient (Wildman–Crippen LogP) is 3.93. The van der Waals surface area contributed by atoms with Crippen LogP contribution in [-0.4, -0.2) is 22.0 Å². The van der Waals surface area contributed by atoms with Gasteiger partial charge in [-0.2, -0.15) is 5.10 Å². The van der Waals surface area contributed by atoms with E-state index < -0.39 is 0 Å².